The zero-order valence-electron chi connectivity index (χ0n) is 7.21. The van der Waals surface area contributed by atoms with Gasteiger partial charge in [-0.1, -0.05) is 19.0 Å². The van der Waals surface area contributed by atoms with E-state index in [9.17, 15) is 0 Å². The van der Waals surface area contributed by atoms with Crippen LogP contribution in [0.25, 0.3) is 0 Å². The third-order valence-corrected chi connectivity index (χ3v) is 2.72. The highest BCUT2D eigenvalue weighted by molar-refractivity contribution is 5.89. The standard InChI is InChI=1S/C9H15NO/c1-6(2)9-7-4-3-5-8(7)11-10-9/h6-8H,3-5H2,1-2H3/t7-,8+/m0/s1. The molecule has 0 bridgehead atoms. The Morgan fingerprint density at radius 1 is 1.45 bits per heavy atom. The summed E-state index contributed by atoms with van der Waals surface area (Å²) in [6, 6.07) is 0. The maximum absolute atomic E-state index is 5.34. The van der Waals surface area contributed by atoms with Crippen LogP contribution in [0.5, 0.6) is 0 Å². The summed E-state index contributed by atoms with van der Waals surface area (Å²) in [5.41, 5.74) is 1.30. The molecule has 11 heavy (non-hydrogen) atoms. The van der Waals surface area contributed by atoms with Gasteiger partial charge in [0.25, 0.3) is 0 Å². The Hall–Kier alpha value is -0.530. The Morgan fingerprint density at radius 3 is 3.00 bits per heavy atom. The molecule has 62 valence electrons. The summed E-state index contributed by atoms with van der Waals surface area (Å²) in [7, 11) is 0. The van der Waals surface area contributed by atoms with E-state index in [4.69, 9.17) is 4.84 Å². The van der Waals surface area contributed by atoms with Gasteiger partial charge in [0, 0.05) is 5.92 Å². The predicted molar refractivity (Wildman–Crippen MR) is 44.5 cm³/mol. The lowest BCUT2D eigenvalue weighted by Gasteiger charge is -2.10. The van der Waals surface area contributed by atoms with Crippen molar-refractivity contribution in [1.29, 1.82) is 0 Å². The molecule has 0 spiro atoms. The number of hydrogen-bond acceptors (Lipinski definition) is 2. The minimum Gasteiger partial charge on any atom is -0.392 e. The molecule has 2 rings (SSSR count). The Balaban J connectivity index is 2.12. The first-order valence-electron chi connectivity index (χ1n) is 4.52. The van der Waals surface area contributed by atoms with Crippen LogP contribution in [0.15, 0.2) is 5.16 Å². The first kappa shape index (κ1) is 7.14. The maximum Gasteiger partial charge on any atom is 0.135 e. The second-order valence-corrected chi connectivity index (χ2v) is 3.85. The third kappa shape index (κ3) is 1.05. The zero-order chi connectivity index (χ0) is 7.84. The molecule has 0 amide bonds. The quantitative estimate of drug-likeness (QED) is 0.566. The highest BCUT2D eigenvalue weighted by atomic mass is 16.6. The molecule has 0 radical (unpaired) electrons. The lowest BCUT2D eigenvalue weighted by atomic mass is 9.92. The molecule has 0 unspecified atom stereocenters. The van der Waals surface area contributed by atoms with Gasteiger partial charge in [0.1, 0.15) is 6.10 Å². The molecule has 2 aliphatic rings. The largest absolute Gasteiger partial charge is 0.392 e. The van der Waals surface area contributed by atoms with E-state index in [0.29, 0.717) is 17.9 Å². The third-order valence-electron chi connectivity index (χ3n) is 2.72. The van der Waals surface area contributed by atoms with Crippen LogP contribution in [0.1, 0.15) is 33.1 Å². The van der Waals surface area contributed by atoms with Crippen LogP contribution in [0, 0.1) is 11.8 Å². The molecule has 1 fully saturated rings. The highest BCUT2D eigenvalue weighted by Crippen LogP contribution is 2.35. The molecule has 0 saturated heterocycles. The monoisotopic (exact) mass is 153 g/mol. The van der Waals surface area contributed by atoms with E-state index in [1.807, 2.05) is 0 Å². The van der Waals surface area contributed by atoms with Crippen molar-refractivity contribution in [3.05, 3.63) is 0 Å². The Kier molecular flexibility index (Phi) is 1.63. The summed E-state index contributed by atoms with van der Waals surface area (Å²) in [5, 5.41) is 4.14. The van der Waals surface area contributed by atoms with Gasteiger partial charge in [0.05, 0.1) is 5.71 Å². The van der Waals surface area contributed by atoms with Crippen molar-refractivity contribution in [3.8, 4) is 0 Å². The van der Waals surface area contributed by atoms with Gasteiger partial charge < -0.3 is 4.84 Å². The number of fused-ring (bicyclic) bond motifs is 1. The van der Waals surface area contributed by atoms with Gasteiger partial charge in [-0.25, -0.2) is 0 Å². The van der Waals surface area contributed by atoms with Gasteiger partial charge in [0.2, 0.25) is 0 Å². The van der Waals surface area contributed by atoms with E-state index >= 15 is 0 Å². The van der Waals surface area contributed by atoms with Crippen LogP contribution < -0.4 is 0 Å². The van der Waals surface area contributed by atoms with Crippen molar-refractivity contribution in [3.63, 3.8) is 0 Å². The van der Waals surface area contributed by atoms with Gasteiger partial charge in [-0.15, -0.1) is 0 Å². The van der Waals surface area contributed by atoms with Crippen LogP contribution in [0.4, 0.5) is 0 Å². The van der Waals surface area contributed by atoms with Gasteiger partial charge in [-0.3, -0.25) is 0 Å². The number of nitrogens with zero attached hydrogens (tertiary/aromatic N) is 1. The smallest absolute Gasteiger partial charge is 0.135 e. The molecule has 0 aromatic heterocycles. The van der Waals surface area contributed by atoms with Gasteiger partial charge in [0.15, 0.2) is 0 Å². The van der Waals surface area contributed by atoms with Gasteiger partial charge in [-0.05, 0) is 25.2 Å². The topological polar surface area (TPSA) is 21.6 Å². The zero-order valence-corrected chi connectivity index (χ0v) is 7.21. The van der Waals surface area contributed by atoms with E-state index in [1.165, 1.54) is 25.0 Å². The van der Waals surface area contributed by atoms with E-state index in [1.54, 1.807) is 0 Å². The first-order valence-corrected chi connectivity index (χ1v) is 4.52. The number of rotatable bonds is 1. The molecule has 0 aromatic carbocycles. The van der Waals surface area contributed by atoms with Crippen LogP contribution in [0.2, 0.25) is 0 Å². The van der Waals surface area contributed by atoms with Crippen molar-refractivity contribution >= 4 is 5.71 Å². The summed E-state index contributed by atoms with van der Waals surface area (Å²) in [6.45, 7) is 4.39. The molecular formula is C9H15NO. The van der Waals surface area contributed by atoms with E-state index in [-0.39, 0.29) is 0 Å². The van der Waals surface area contributed by atoms with Crippen molar-refractivity contribution in [1.82, 2.24) is 0 Å². The number of hydrogen-bond donors (Lipinski definition) is 0. The number of oxime groups is 1. The summed E-state index contributed by atoms with van der Waals surface area (Å²) in [6.07, 6.45) is 4.26. The van der Waals surface area contributed by atoms with Crippen LogP contribution in [-0.4, -0.2) is 11.8 Å². The fourth-order valence-corrected chi connectivity index (χ4v) is 2.12. The molecule has 2 heteroatoms. The van der Waals surface area contributed by atoms with Gasteiger partial charge >= 0.3 is 0 Å². The fourth-order valence-electron chi connectivity index (χ4n) is 2.12. The van der Waals surface area contributed by atoms with E-state index in [2.05, 4.69) is 19.0 Å². The normalized spacial score (nSPS) is 35.4. The van der Waals surface area contributed by atoms with Crippen LogP contribution in [-0.2, 0) is 4.84 Å². The second kappa shape index (κ2) is 2.50. The lowest BCUT2D eigenvalue weighted by Crippen LogP contribution is -2.20. The average molecular weight is 153 g/mol. The molecular weight excluding hydrogens is 138 g/mol. The summed E-state index contributed by atoms with van der Waals surface area (Å²) in [4.78, 5) is 5.34. The SMILES string of the molecule is CC(C)C1=NO[C@@H]2CCC[C@H]12. The molecule has 2 nitrogen and oxygen atoms in total. The van der Waals surface area contributed by atoms with E-state index < -0.39 is 0 Å². The van der Waals surface area contributed by atoms with Crippen LogP contribution in [0.3, 0.4) is 0 Å². The molecule has 0 aromatic rings. The predicted octanol–water partition coefficient (Wildman–Crippen LogP) is 2.20. The Morgan fingerprint density at radius 2 is 2.27 bits per heavy atom. The molecule has 1 aliphatic heterocycles. The molecule has 2 atom stereocenters. The van der Waals surface area contributed by atoms with Crippen molar-refractivity contribution in [2.45, 2.75) is 39.2 Å². The second-order valence-electron chi connectivity index (χ2n) is 3.85. The van der Waals surface area contributed by atoms with Crippen molar-refractivity contribution in [2.24, 2.45) is 17.0 Å². The van der Waals surface area contributed by atoms with Crippen molar-refractivity contribution < 1.29 is 4.84 Å². The first-order chi connectivity index (χ1) is 5.29. The Bertz CT molecular complexity index is 186. The summed E-state index contributed by atoms with van der Waals surface area (Å²) >= 11 is 0. The van der Waals surface area contributed by atoms with Crippen molar-refractivity contribution in [2.75, 3.05) is 0 Å². The minimum atomic E-state index is 0.437. The summed E-state index contributed by atoms with van der Waals surface area (Å²) < 4.78 is 0. The average Bonchev–Trinajstić information content (AvgIpc) is 2.41. The van der Waals surface area contributed by atoms with Crippen LogP contribution >= 0.6 is 0 Å². The lowest BCUT2D eigenvalue weighted by molar-refractivity contribution is 0.0746. The highest BCUT2D eigenvalue weighted by Gasteiger charge is 2.38. The molecule has 1 aliphatic carbocycles. The van der Waals surface area contributed by atoms with E-state index in [0.717, 1.165) is 0 Å². The fraction of sp³-hybridized carbons (Fsp3) is 0.889. The maximum atomic E-state index is 5.34. The summed E-state index contributed by atoms with van der Waals surface area (Å²) in [5.74, 6) is 1.23. The molecule has 1 saturated carbocycles. The molecule has 0 N–H and O–H groups in total. The Labute approximate surface area is 67.6 Å². The molecule has 1 heterocycles. The van der Waals surface area contributed by atoms with Gasteiger partial charge in [-0.2, -0.15) is 0 Å². The minimum absolute atomic E-state index is 0.437.